The zero-order valence-corrected chi connectivity index (χ0v) is 16.5. The van der Waals surface area contributed by atoms with Gasteiger partial charge >= 0.3 is 0 Å². The van der Waals surface area contributed by atoms with Gasteiger partial charge in [-0.2, -0.15) is 0 Å². The van der Waals surface area contributed by atoms with Crippen molar-refractivity contribution in [1.29, 1.82) is 0 Å². The highest BCUT2D eigenvalue weighted by atomic mass is 16.1. The van der Waals surface area contributed by atoms with Crippen molar-refractivity contribution >= 4 is 5.78 Å². The van der Waals surface area contributed by atoms with Gasteiger partial charge in [0, 0.05) is 5.41 Å². The van der Waals surface area contributed by atoms with Crippen molar-refractivity contribution in [3.05, 3.63) is 11.6 Å². The summed E-state index contributed by atoms with van der Waals surface area (Å²) in [7, 11) is 0. The van der Waals surface area contributed by atoms with Crippen LogP contribution in [0.2, 0.25) is 0 Å². The van der Waals surface area contributed by atoms with Crippen LogP contribution in [0.25, 0.3) is 0 Å². The molecule has 0 aromatic carbocycles. The predicted molar refractivity (Wildman–Crippen MR) is 99.7 cm³/mol. The molecule has 4 rings (SSSR count). The maximum Gasteiger partial charge on any atom is 0.136 e. The topological polar surface area (TPSA) is 17.1 Å². The van der Waals surface area contributed by atoms with Crippen molar-refractivity contribution in [2.45, 2.75) is 86.0 Å². The smallest absolute Gasteiger partial charge is 0.136 e. The van der Waals surface area contributed by atoms with Gasteiger partial charge in [0.25, 0.3) is 0 Å². The normalized spacial score (nSPS) is 53.6. The first-order chi connectivity index (χ1) is 11.2. The lowest BCUT2D eigenvalue weighted by atomic mass is 9.45. The standard InChI is InChI=1S/C23H36O/c1-15-8-11-21(3)17(14-15)6-7-18-19(21)9-13-23(5)20(18)10-12-22(23,4)16(2)24/h6,15,18-20H,7-14H2,1-5H3/t15-,18?,19?,20?,21-,22+,23-/m0/s1. The number of carbonyl (C=O) groups is 1. The van der Waals surface area contributed by atoms with E-state index in [0.717, 1.165) is 30.1 Å². The first-order valence-electron chi connectivity index (χ1n) is 10.4. The van der Waals surface area contributed by atoms with Crippen LogP contribution in [0.3, 0.4) is 0 Å². The summed E-state index contributed by atoms with van der Waals surface area (Å²) in [5.74, 6) is 3.78. The molecule has 0 aromatic rings. The minimum absolute atomic E-state index is 0.0748. The molecule has 24 heavy (non-hydrogen) atoms. The largest absolute Gasteiger partial charge is 0.299 e. The van der Waals surface area contributed by atoms with E-state index in [0.29, 0.717) is 11.2 Å². The monoisotopic (exact) mass is 328 g/mol. The first-order valence-corrected chi connectivity index (χ1v) is 10.4. The molecule has 7 atom stereocenters. The lowest BCUT2D eigenvalue weighted by Crippen LogP contribution is -2.52. The van der Waals surface area contributed by atoms with Crippen LogP contribution in [0.5, 0.6) is 0 Å². The van der Waals surface area contributed by atoms with Crippen LogP contribution in [0.15, 0.2) is 11.6 Å². The molecule has 0 aliphatic heterocycles. The van der Waals surface area contributed by atoms with Gasteiger partial charge in [-0.1, -0.05) is 39.3 Å². The number of fused-ring (bicyclic) bond motifs is 5. The zero-order chi connectivity index (χ0) is 17.3. The molecular weight excluding hydrogens is 292 g/mol. The van der Waals surface area contributed by atoms with E-state index in [1.54, 1.807) is 5.57 Å². The van der Waals surface area contributed by atoms with Gasteiger partial charge in [-0.15, -0.1) is 0 Å². The fourth-order valence-corrected chi connectivity index (χ4v) is 7.69. The quantitative estimate of drug-likeness (QED) is 0.525. The Kier molecular flexibility index (Phi) is 3.66. The van der Waals surface area contributed by atoms with E-state index < -0.39 is 0 Å². The molecule has 0 amide bonds. The highest BCUT2D eigenvalue weighted by Crippen LogP contribution is 2.69. The van der Waals surface area contributed by atoms with E-state index in [4.69, 9.17) is 0 Å². The zero-order valence-electron chi connectivity index (χ0n) is 16.5. The van der Waals surface area contributed by atoms with Gasteiger partial charge in [-0.3, -0.25) is 4.79 Å². The maximum absolute atomic E-state index is 12.5. The highest BCUT2D eigenvalue weighted by molar-refractivity contribution is 5.83. The average molecular weight is 329 g/mol. The molecule has 0 spiro atoms. The second-order valence-corrected chi connectivity index (χ2v) is 10.5. The van der Waals surface area contributed by atoms with Gasteiger partial charge in [0.1, 0.15) is 5.78 Å². The number of ketones is 1. The molecule has 0 N–H and O–H groups in total. The molecule has 134 valence electrons. The second-order valence-electron chi connectivity index (χ2n) is 10.5. The molecule has 3 unspecified atom stereocenters. The molecule has 0 saturated heterocycles. The molecule has 1 heteroatoms. The van der Waals surface area contributed by atoms with Crippen LogP contribution in [0.4, 0.5) is 0 Å². The van der Waals surface area contributed by atoms with E-state index in [9.17, 15) is 4.79 Å². The van der Waals surface area contributed by atoms with Crippen molar-refractivity contribution in [2.24, 2.45) is 39.9 Å². The van der Waals surface area contributed by atoms with Crippen molar-refractivity contribution in [3.8, 4) is 0 Å². The third-order valence-corrected chi connectivity index (χ3v) is 9.73. The summed E-state index contributed by atoms with van der Waals surface area (Å²) in [4.78, 5) is 12.5. The molecule has 3 fully saturated rings. The first kappa shape index (κ1) is 16.9. The SMILES string of the molecule is CC(=O)[C@@]1(C)CCC2C3CC=C4C[C@@H](C)CC[C@]4(C)C3CC[C@@]21C. The predicted octanol–water partition coefficient (Wildman–Crippen LogP) is 6.18. The minimum atomic E-state index is -0.0748. The van der Waals surface area contributed by atoms with Crippen LogP contribution >= 0.6 is 0 Å². The van der Waals surface area contributed by atoms with Gasteiger partial charge in [-0.25, -0.2) is 0 Å². The summed E-state index contributed by atoms with van der Waals surface area (Å²) in [6.07, 6.45) is 13.1. The van der Waals surface area contributed by atoms with Gasteiger partial charge in [0.2, 0.25) is 0 Å². The van der Waals surface area contributed by atoms with E-state index in [1.807, 2.05) is 6.92 Å². The molecule has 0 radical (unpaired) electrons. The summed E-state index contributed by atoms with van der Waals surface area (Å²) in [6.45, 7) is 11.6. The summed E-state index contributed by atoms with van der Waals surface area (Å²) in [6, 6.07) is 0. The molecule has 0 bridgehead atoms. The van der Waals surface area contributed by atoms with Crippen molar-refractivity contribution < 1.29 is 4.79 Å². The molecule has 0 aromatic heterocycles. The molecule has 4 aliphatic rings. The number of allylic oxidation sites excluding steroid dienone is 2. The van der Waals surface area contributed by atoms with E-state index in [-0.39, 0.29) is 10.8 Å². The molecule has 0 heterocycles. The van der Waals surface area contributed by atoms with E-state index in [1.165, 1.54) is 44.9 Å². The number of hydrogen-bond acceptors (Lipinski definition) is 1. The maximum atomic E-state index is 12.5. The Morgan fingerprint density at radius 2 is 1.75 bits per heavy atom. The molecular formula is C23H36O. The highest BCUT2D eigenvalue weighted by Gasteiger charge is 2.63. The Labute approximate surface area is 148 Å². The number of rotatable bonds is 1. The van der Waals surface area contributed by atoms with Crippen LogP contribution in [0.1, 0.15) is 86.0 Å². The van der Waals surface area contributed by atoms with Crippen molar-refractivity contribution in [3.63, 3.8) is 0 Å². The average Bonchev–Trinajstić information content (AvgIpc) is 2.81. The lowest BCUT2D eigenvalue weighted by Gasteiger charge is -2.59. The number of carbonyl (C=O) groups excluding carboxylic acids is 1. The van der Waals surface area contributed by atoms with Crippen molar-refractivity contribution in [2.75, 3.05) is 0 Å². The summed E-state index contributed by atoms with van der Waals surface area (Å²) >= 11 is 0. The van der Waals surface area contributed by atoms with Gasteiger partial charge in [0.15, 0.2) is 0 Å². The Balaban J connectivity index is 1.69. The number of hydrogen-bond donors (Lipinski definition) is 0. The Bertz CT molecular complexity index is 589. The number of Topliss-reactive ketones (excluding diaryl/α,β-unsaturated/α-hetero) is 1. The van der Waals surface area contributed by atoms with Gasteiger partial charge in [-0.05, 0) is 92.8 Å². The summed E-state index contributed by atoms with van der Waals surface area (Å²) in [5, 5.41) is 0. The fraction of sp³-hybridized carbons (Fsp3) is 0.870. The molecule has 1 nitrogen and oxygen atoms in total. The van der Waals surface area contributed by atoms with Crippen molar-refractivity contribution in [1.82, 2.24) is 0 Å². The summed E-state index contributed by atoms with van der Waals surface area (Å²) < 4.78 is 0. The van der Waals surface area contributed by atoms with Crippen LogP contribution < -0.4 is 0 Å². The van der Waals surface area contributed by atoms with Crippen LogP contribution in [-0.4, -0.2) is 5.78 Å². The molecule has 3 saturated carbocycles. The fourth-order valence-electron chi connectivity index (χ4n) is 7.69. The summed E-state index contributed by atoms with van der Waals surface area (Å²) in [5.41, 5.74) is 2.42. The Morgan fingerprint density at radius 3 is 2.46 bits per heavy atom. The second kappa shape index (κ2) is 5.21. The molecule has 4 aliphatic carbocycles. The van der Waals surface area contributed by atoms with E-state index >= 15 is 0 Å². The minimum Gasteiger partial charge on any atom is -0.299 e. The Morgan fingerprint density at radius 1 is 1.04 bits per heavy atom. The van der Waals surface area contributed by atoms with E-state index in [2.05, 4.69) is 33.8 Å². The van der Waals surface area contributed by atoms with Gasteiger partial charge < -0.3 is 0 Å². The van der Waals surface area contributed by atoms with Gasteiger partial charge in [0.05, 0.1) is 0 Å². The Hall–Kier alpha value is -0.590. The van der Waals surface area contributed by atoms with Crippen LogP contribution in [0, 0.1) is 39.9 Å². The lowest BCUT2D eigenvalue weighted by molar-refractivity contribution is -0.138. The third kappa shape index (κ3) is 1.96. The van der Waals surface area contributed by atoms with Crippen LogP contribution in [-0.2, 0) is 4.79 Å². The third-order valence-electron chi connectivity index (χ3n) is 9.73.